The van der Waals surface area contributed by atoms with Crippen LogP contribution in [0.3, 0.4) is 0 Å². The largest absolute Gasteiger partial charge is 0.488 e. The first-order valence-corrected chi connectivity index (χ1v) is 7.07. The number of ether oxygens (including phenoxy) is 1. The molecular formula is C14H18Br2O. The van der Waals surface area contributed by atoms with Crippen LogP contribution in [0.25, 0.3) is 0 Å². The molecule has 0 aliphatic rings. The third-order valence-corrected chi connectivity index (χ3v) is 3.33. The van der Waals surface area contributed by atoms with Crippen LogP contribution in [0.2, 0.25) is 0 Å². The van der Waals surface area contributed by atoms with E-state index >= 15 is 0 Å². The Morgan fingerprint density at radius 3 is 2.35 bits per heavy atom. The van der Waals surface area contributed by atoms with Gasteiger partial charge in [0.1, 0.15) is 12.4 Å². The second-order valence-corrected chi connectivity index (χ2v) is 7.03. The minimum absolute atomic E-state index is 0.0384. The molecule has 0 atom stereocenters. The molecular weight excluding hydrogens is 344 g/mol. The van der Waals surface area contributed by atoms with Gasteiger partial charge in [-0.3, -0.25) is 0 Å². The third-order valence-electron chi connectivity index (χ3n) is 2.28. The van der Waals surface area contributed by atoms with Crippen LogP contribution in [0, 0.1) is 0 Å². The summed E-state index contributed by atoms with van der Waals surface area (Å²) in [6, 6.07) is 4.11. The molecule has 0 radical (unpaired) electrons. The fourth-order valence-electron chi connectivity index (χ4n) is 1.46. The van der Waals surface area contributed by atoms with Gasteiger partial charge < -0.3 is 4.74 Å². The van der Waals surface area contributed by atoms with Gasteiger partial charge in [0.15, 0.2) is 0 Å². The molecule has 1 nitrogen and oxygen atoms in total. The van der Waals surface area contributed by atoms with Crippen LogP contribution in [0.4, 0.5) is 0 Å². The molecule has 0 spiro atoms. The highest BCUT2D eigenvalue weighted by molar-refractivity contribution is 9.11. The van der Waals surface area contributed by atoms with Crippen molar-refractivity contribution in [3.8, 4) is 5.75 Å². The van der Waals surface area contributed by atoms with Gasteiger partial charge in [-0.15, -0.1) is 0 Å². The van der Waals surface area contributed by atoms with Gasteiger partial charge in [0, 0.05) is 10.0 Å². The summed E-state index contributed by atoms with van der Waals surface area (Å²) in [6.07, 6.45) is 0. The summed E-state index contributed by atoms with van der Waals surface area (Å²) in [4.78, 5) is 0. The van der Waals surface area contributed by atoms with E-state index in [-0.39, 0.29) is 5.41 Å². The molecule has 1 rings (SSSR count). The van der Waals surface area contributed by atoms with Crippen molar-refractivity contribution >= 4 is 31.9 Å². The number of halogens is 2. The van der Waals surface area contributed by atoms with E-state index in [4.69, 9.17) is 4.74 Å². The third kappa shape index (κ3) is 4.14. The number of rotatable bonds is 3. The lowest BCUT2D eigenvalue weighted by molar-refractivity contribution is 0.339. The quantitative estimate of drug-likeness (QED) is 0.649. The first-order chi connectivity index (χ1) is 7.71. The summed E-state index contributed by atoms with van der Waals surface area (Å²) in [5, 5.41) is 0. The first-order valence-electron chi connectivity index (χ1n) is 5.48. The predicted molar refractivity (Wildman–Crippen MR) is 80.9 cm³/mol. The van der Waals surface area contributed by atoms with Crippen LogP contribution < -0.4 is 4.74 Å². The topological polar surface area (TPSA) is 9.23 Å². The molecule has 3 heteroatoms. The Labute approximate surface area is 121 Å². The average Bonchev–Trinajstić information content (AvgIpc) is 2.13. The molecule has 0 unspecified atom stereocenters. The standard InChI is InChI=1S/C14H18Br2O/c1-9(2)8-17-13-11(14(3,4)5)6-10(15)7-12(13)16/h6-7H,1,8H2,2-5H3. The summed E-state index contributed by atoms with van der Waals surface area (Å²) in [5.41, 5.74) is 2.23. The Hall–Kier alpha value is -0.280. The Morgan fingerprint density at radius 2 is 1.88 bits per heavy atom. The minimum Gasteiger partial charge on any atom is -0.488 e. The molecule has 0 bridgehead atoms. The van der Waals surface area contributed by atoms with Crippen molar-refractivity contribution in [1.82, 2.24) is 0 Å². The molecule has 1 aromatic rings. The lowest BCUT2D eigenvalue weighted by Gasteiger charge is -2.24. The highest BCUT2D eigenvalue weighted by Gasteiger charge is 2.21. The van der Waals surface area contributed by atoms with E-state index in [1.807, 2.05) is 13.0 Å². The second kappa shape index (κ2) is 5.57. The van der Waals surface area contributed by atoms with Gasteiger partial charge in [0.05, 0.1) is 4.47 Å². The van der Waals surface area contributed by atoms with Gasteiger partial charge in [-0.25, -0.2) is 0 Å². The smallest absolute Gasteiger partial charge is 0.137 e. The van der Waals surface area contributed by atoms with Crippen molar-refractivity contribution in [2.75, 3.05) is 6.61 Å². The van der Waals surface area contributed by atoms with Crippen LogP contribution in [0.15, 0.2) is 33.2 Å². The van der Waals surface area contributed by atoms with Crippen LogP contribution in [0.1, 0.15) is 33.3 Å². The highest BCUT2D eigenvalue weighted by Crippen LogP contribution is 2.39. The molecule has 0 N–H and O–H groups in total. The molecule has 0 aliphatic carbocycles. The maximum atomic E-state index is 5.84. The predicted octanol–water partition coefficient (Wildman–Crippen LogP) is 5.46. The van der Waals surface area contributed by atoms with Crippen LogP contribution in [0.5, 0.6) is 5.75 Å². The van der Waals surface area contributed by atoms with Crippen LogP contribution in [-0.2, 0) is 5.41 Å². The van der Waals surface area contributed by atoms with Gasteiger partial charge >= 0.3 is 0 Å². The van der Waals surface area contributed by atoms with Gasteiger partial charge in [0.2, 0.25) is 0 Å². The van der Waals surface area contributed by atoms with Crippen molar-refractivity contribution in [2.45, 2.75) is 33.1 Å². The monoisotopic (exact) mass is 360 g/mol. The maximum absolute atomic E-state index is 5.84. The summed E-state index contributed by atoms with van der Waals surface area (Å²) < 4.78 is 7.87. The molecule has 17 heavy (non-hydrogen) atoms. The summed E-state index contributed by atoms with van der Waals surface area (Å²) >= 11 is 7.07. The van der Waals surface area contributed by atoms with Gasteiger partial charge in [-0.1, -0.05) is 43.3 Å². The normalized spacial score (nSPS) is 11.4. The lowest BCUT2D eigenvalue weighted by atomic mass is 9.86. The van der Waals surface area contributed by atoms with Crippen molar-refractivity contribution in [1.29, 1.82) is 0 Å². The Balaban J connectivity index is 3.21. The van der Waals surface area contributed by atoms with Gasteiger partial charge in [0.25, 0.3) is 0 Å². The molecule has 0 saturated carbocycles. The van der Waals surface area contributed by atoms with Crippen molar-refractivity contribution < 1.29 is 4.74 Å². The fraction of sp³-hybridized carbons (Fsp3) is 0.429. The molecule has 0 saturated heterocycles. The number of hydrogen-bond donors (Lipinski definition) is 0. The SMILES string of the molecule is C=C(C)COc1c(Br)cc(Br)cc1C(C)(C)C. The van der Waals surface area contributed by atoms with Crippen LogP contribution in [-0.4, -0.2) is 6.61 Å². The van der Waals surface area contributed by atoms with Crippen molar-refractivity contribution in [3.05, 3.63) is 38.8 Å². The van der Waals surface area contributed by atoms with Crippen molar-refractivity contribution in [3.63, 3.8) is 0 Å². The zero-order chi connectivity index (χ0) is 13.2. The van der Waals surface area contributed by atoms with Crippen LogP contribution >= 0.6 is 31.9 Å². The molecule has 1 aromatic carbocycles. The molecule has 0 aliphatic heterocycles. The highest BCUT2D eigenvalue weighted by atomic mass is 79.9. The lowest BCUT2D eigenvalue weighted by Crippen LogP contribution is -2.14. The van der Waals surface area contributed by atoms with Gasteiger partial charge in [-0.2, -0.15) is 0 Å². The Morgan fingerprint density at radius 1 is 1.29 bits per heavy atom. The second-order valence-electron chi connectivity index (χ2n) is 5.26. The molecule has 0 heterocycles. The Kier molecular flexibility index (Phi) is 4.85. The molecule has 0 fully saturated rings. The van der Waals surface area contributed by atoms with E-state index in [2.05, 4.69) is 65.3 Å². The zero-order valence-electron chi connectivity index (χ0n) is 10.7. The Bertz CT molecular complexity index is 431. The average molecular weight is 362 g/mol. The van der Waals surface area contributed by atoms with E-state index in [0.717, 1.165) is 20.3 Å². The maximum Gasteiger partial charge on any atom is 0.137 e. The first kappa shape index (κ1) is 14.8. The van der Waals surface area contributed by atoms with E-state index in [0.29, 0.717) is 6.61 Å². The number of benzene rings is 1. The number of hydrogen-bond acceptors (Lipinski definition) is 1. The van der Waals surface area contributed by atoms with Gasteiger partial charge in [-0.05, 0) is 46.0 Å². The van der Waals surface area contributed by atoms with Crippen molar-refractivity contribution in [2.24, 2.45) is 0 Å². The fourth-order valence-corrected chi connectivity index (χ4v) is 2.80. The van der Waals surface area contributed by atoms with E-state index in [1.54, 1.807) is 0 Å². The molecule has 94 valence electrons. The van der Waals surface area contributed by atoms with E-state index in [1.165, 1.54) is 5.56 Å². The van der Waals surface area contributed by atoms with E-state index < -0.39 is 0 Å². The zero-order valence-corrected chi connectivity index (χ0v) is 13.9. The van der Waals surface area contributed by atoms with E-state index in [9.17, 15) is 0 Å². The summed E-state index contributed by atoms with van der Waals surface area (Å²) in [6.45, 7) is 12.9. The summed E-state index contributed by atoms with van der Waals surface area (Å²) in [5.74, 6) is 0.906. The molecule has 0 aromatic heterocycles. The summed E-state index contributed by atoms with van der Waals surface area (Å²) in [7, 11) is 0. The molecule has 0 amide bonds. The minimum atomic E-state index is 0.0384.